The molecule has 1 aliphatic rings. The van der Waals surface area contributed by atoms with E-state index in [4.69, 9.17) is 4.12 Å². The van der Waals surface area contributed by atoms with Crippen LogP contribution < -0.4 is 0 Å². The Morgan fingerprint density at radius 2 is 1.70 bits per heavy atom. The van der Waals surface area contributed by atoms with Crippen LogP contribution in [-0.2, 0) is 25.2 Å². The predicted molar refractivity (Wildman–Crippen MR) is 87.6 cm³/mol. The third-order valence-corrected chi connectivity index (χ3v) is 9.56. The summed E-state index contributed by atoms with van der Waals surface area (Å²) in [5, 5.41) is 0. The van der Waals surface area contributed by atoms with Crippen molar-refractivity contribution in [3.63, 3.8) is 0 Å². The molecule has 0 radical (unpaired) electrons. The molecule has 20 heavy (non-hydrogen) atoms. The molecule has 1 aliphatic heterocycles. The Kier molecular flexibility index (Phi) is 7.18. The summed E-state index contributed by atoms with van der Waals surface area (Å²) >= 11 is 0. The Morgan fingerprint density at radius 1 is 1.10 bits per heavy atom. The van der Waals surface area contributed by atoms with E-state index in [-0.39, 0.29) is 21.1 Å². The van der Waals surface area contributed by atoms with Crippen LogP contribution in [-0.4, -0.2) is 33.5 Å². The topological polar surface area (TPSA) is 15.7 Å². The van der Waals surface area contributed by atoms with Crippen LogP contribution in [0.2, 0.25) is 19.6 Å². The van der Waals surface area contributed by atoms with Gasteiger partial charge < -0.3 is 13.9 Å². The summed E-state index contributed by atoms with van der Waals surface area (Å²) in [5.74, 6) is 1.07. The molecular formula is C14H24N2OPtSi2. The molecule has 0 amide bonds. The van der Waals surface area contributed by atoms with Gasteiger partial charge in [0.1, 0.15) is 5.82 Å². The number of rotatable bonds is 6. The second-order valence-corrected chi connectivity index (χ2v) is 12.8. The molecule has 1 unspecified atom stereocenters. The standard InChI is InChI=1S/C14H24N2OSi2.Pt/c1-8-16-12-11-15(4)14(16)13-19(7,10-3)17-18(5,6)9-2;/h8-13H,1-3H2,4-7H3;. The van der Waals surface area contributed by atoms with Crippen LogP contribution in [0, 0.1) is 0 Å². The van der Waals surface area contributed by atoms with Gasteiger partial charge >= 0.3 is 0 Å². The van der Waals surface area contributed by atoms with Crippen LogP contribution in [0.4, 0.5) is 0 Å². The maximum atomic E-state index is 6.38. The summed E-state index contributed by atoms with van der Waals surface area (Å²) in [5.41, 5.74) is 6.12. The molecule has 3 nitrogen and oxygen atoms in total. The van der Waals surface area contributed by atoms with Crippen molar-refractivity contribution in [3.8, 4) is 0 Å². The Balaban J connectivity index is 0.00000361. The van der Waals surface area contributed by atoms with Gasteiger partial charge in [-0.1, -0.05) is 18.0 Å². The molecule has 0 saturated carbocycles. The second-order valence-electron chi connectivity index (χ2n) is 5.30. The Morgan fingerprint density at radius 3 is 2.15 bits per heavy atom. The number of hydrogen-bond donors (Lipinski definition) is 0. The van der Waals surface area contributed by atoms with Gasteiger partial charge in [0.25, 0.3) is 0 Å². The molecule has 1 atom stereocenters. The van der Waals surface area contributed by atoms with E-state index in [0.29, 0.717) is 0 Å². The normalized spacial score (nSPS) is 19.5. The molecule has 0 N–H and O–H groups in total. The summed E-state index contributed by atoms with van der Waals surface area (Å²) < 4.78 is 6.38. The van der Waals surface area contributed by atoms with Gasteiger partial charge in [0.2, 0.25) is 8.32 Å². The number of nitrogens with zero attached hydrogens (tertiary/aromatic N) is 2. The summed E-state index contributed by atoms with van der Waals surface area (Å²) in [6.07, 6.45) is 5.77. The molecule has 0 spiro atoms. The monoisotopic (exact) mass is 487 g/mol. The van der Waals surface area contributed by atoms with Crippen LogP contribution in [0.5, 0.6) is 0 Å². The van der Waals surface area contributed by atoms with E-state index in [9.17, 15) is 0 Å². The van der Waals surface area contributed by atoms with Gasteiger partial charge in [0.15, 0.2) is 8.32 Å². The van der Waals surface area contributed by atoms with Crippen molar-refractivity contribution in [2.45, 2.75) is 19.6 Å². The maximum Gasteiger partial charge on any atom is 0.230 e. The summed E-state index contributed by atoms with van der Waals surface area (Å²) in [4.78, 5) is 4.04. The van der Waals surface area contributed by atoms with Crippen molar-refractivity contribution in [3.05, 3.63) is 61.3 Å². The zero-order valence-electron chi connectivity index (χ0n) is 12.7. The molecular weight excluding hydrogens is 463 g/mol. The van der Waals surface area contributed by atoms with E-state index >= 15 is 0 Å². The molecule has 0 bridgehead atoms. The van der Waals surface area contributed by atoms with Crippen molar-refractivity contribution in [1.82, 2.24) is 9.80 Å². The number of hydrogen-bond acceptors (Lipinski definition) is 3. The van der Waals surface area contributed by atoms with Crippen LogP contribution in [0.15, 0.2) is 61.3 Å². The third kappa shape index (κ3) is 4.74. The minimum Gasteiger partial charge on any atom is -0.446 e. The van der Waals surface area contributed by atoms with E-state index in [1.165, 1.54) is 0 Å². The summed E-state index contributed by atoms with van der Waals surface area (Å²) in [6.45, 7) is 18.1. The molecule has 114 valence electrons. The van der Waals surface area contributed by atoms with Crippen molar-refractivity contribution in [1.29, 1.82) is 0 Å². The minimum absolute atomic E-state index is 0. The van der Waals surface area contributed by atoms with Gasteiger partial charge in [0, 0.05) is 46.7 Å². The average molecular weight is 488 g/mol. The van der Waals surface area contributed by atoms with Crippen molar-refractivity contribution in [2.75, 3.05) is 7.05 Å². The van der Waals surface area contributed by atoms with E-state index in [1.807, 2.05) is 35.7 Å². The third-order valence-electron chi connectivity index (χ3n) is 3.07. The van der Waals surface area contributed by atoms with E-state index < -0.39 is 16.6 Å². The molecule has 0 aromatic heterocycles. The molecule has 0 aromatic rings. The fraction of sp³-hybridized carbons (Fsp3) is 0.286. The maximum absolute atomic E-state index is 6.38. The predicted octanol–water partition coefficient (Wildman–Crippen LogP) is 3.47. The molecule has 0 aromatic carbocycles. The zero-order valence-corrected chi connectivity index (χ0v) is 17.0. The van der Waals surface area contributed by atoms with Gasteiger partial charge in [-0.3, -0.25) is 0 Å². The van der Waals surface area contributed by atoms with Gasteiger partial charge in [-0.05, 0) is 25.3 Å². The van der Waals surface area contributed by atoms with Crippen LogP contribution in [0.25, 0.3) is 0 Å². The molecule has 6 heteroatoms. The first-order valence-electron chi connectivity index (χ1n) is 6.29. The summed E-state index contributed by atoms with van der Waals surface area (Å²) in [7, 11) is -1.94. The van der Waals surface area contributed by atoms with E-state index in [2.05, 4.69) is 50.0 Å². The Labute approximate surface area is 139 Å². The van der Waals surface area contributed by atoms with Gasteiger partial charge in [-0.25, -0.2) is 0 Å². The molecule has 1 rings (SSSR count). The molecule has 1 heterocycles. The van der Waals surface area contributed by atoms with Crippen LogP contribution >= 0.6 is 0 Å². The zero-order chi connectivity index (χ0) is 14.7. The van der Waals surface area contributed by atoms with Gasteiger partial charge in [0.05, 0.1) is 0 Å². The molecule has 0 fully saturated rings. The fourth-order valence-corrected chi connectivity index (χ4v) is 8.25. The minimum atomic E-state index is -2.12. The van der Waals surface area contributed by atoms with Crippen molar-refractivity contribution in [2.24, 2.45) is 0 Å². The first kappa shape index (κ1) is 19.4. The van der Waals surface area contributed by atoms with Crippen molar-refractivity contribution >= 4 is 16.6 Å². The quantitative estimate of drug-likeness (QED) is 0.534. The summed E-state index contributed by atoms with van der Waals surface area (Å²) in [6, 6.07) is 0. The second kappa shape index (κ2) is 7.41. The first-order chi connectivity index (χ1) is 8.77. The van der Waals surface area contributed by atoms with Crippen molar-refractivity contribution < 1.29 is 25.2 Å². The van der Waals surface area contributed by atoms with Crippen LogP contribution in [0.3, 0.4) is 0 Å². The van der Waals surface area contributed by atoms with Crippen LogP contribution in [0.1, 0.15) is 0 Å². The fourth-order valence-electron chi connectivity index (χ4n) is 1.83. The van der Waals surface area contributed by atoms with Gasteiger partial charge in [-0.15, -0.1) is 13.2 Å². The van der Waals surface area contributed by atoms with E-state index in [1.54, 1.807) is 6.20 Å². The Hall–Kier alpha value is -0.618. The van der Waals surface area contributed by atoms with Gasteiger partial charge in [-0.2, -0.15) is 0 Å². The molecule has 0 aliphatic carbocycles. The van der Waals surface area contributed by atoms with E-state index in [0.717, 1.165) is 5.82 Å². The first-order valence-corrected chi connectivity index (χ1v) is 11.8. The largest absolute Gasteiger partial charge is 0.446 e. The molecule has 0 saturated heterocycles. The Bertz CT molecular complexity index is 448. The smallest absolute Gasteiger partial charge is 0.230 e. The average Bonchev–Trinajstić information content (AvgIpc) is 2.70. The SMILES string of the molecule is C=CN1C=CN(C)C1=C[Si](C)(C=C)O[Si](C)(C)C=C.[Pt].